The monoisotopic (exact) mass is 547 g/mol. The van der Waals surface area contributed by atoms with Crippen LogP contribution in [-0.4, -0.2) is 73.9 Å². The van der Waals surface area contributed by atoms with Crippen LogP contribution in [0.5, 0.6) is 5.75 Å². The molecule has 0 spiro atoms. The first kappa shape index (κ1) is 28.8. The van der Waals surface area contributed by atoms with Crippen LogP contribution in [0.1, 0.15) is 40.7 Å². The van der Waals surface area contributed by atoms with E-state index in [0.717, 1.165) is 64.2 Å². The van der Waals surface area contributed by atoms with Crippen molar-refractivity contribution in [2.75, 3.05) is 52.4 Å². The summed E-state index contributed by atoms with van der Waals surface area (Å²) in [5.74, 6) is 0.867. The Hall–Kier alpha value is -3.19. The number of carbonyl (C=O) groups excluding carboxylic acids is 2. The summed E-state index contributed by atoms with van der Waals surface area (Å²) < 4.78 is 5.87. The van der Waals surface area contributed by atoms with Gasteiger partial charge in [0.1, 0.15) is 5.75 Å². The van der Waals surface area contributed by atoms with Crippen LogP contribution in [0.15, 0.2) is 78.9 Å². The third-order valence-corrected chi connectivity index (χ3v) is 7.27. The van der Waals surface area contributed by atoms with E-state index in [9.17, 15) is 9.59 Å². The van der Waals surface area contributed by atoms with Crippen molar-refractivity contribution in [3.63, 3.8) is 0 Å². The van der Waals surface area contributed by atoms with Crippen molar-refractivity contribution in [1.29, 1.82) is 0 Å². The predicted molar refractivity (Wildman–Crippen MR) is 157 cm³/mol. The minimum atomic E-state index is -0.0267. The maximum atomic E-state index is 12.6. The summed E-state index contributed by atoms with van der Waals surface area (Å²) in [6, 6.07) is 24.5. The highest BCUT2D eigenvalue weighted by Crippen LogP contribution is 2.17. The van der Waals surface area contributed by atoms with Crippen molar-refractivity contribution in [3.8, 4) is 5.75 Å². The van der Waals surface area contributed by atoms with Gasteiger partial charge in [0.15, 0.2) is 5.78 Å². The zero-order valence-corrected chi connectivity index (χ0v) is 23.2. The molecule has 1 aliphatic rings. The Morgan fingerprint density at radius 3 is 2.10 bits per heavy atom. The summed E-state index contributed by atoms with van der Waals surface area (Å²) in [6.07, 6.45) is 4.10. The van der Waals surface area contributed by atoms with Crippen molar-refractivity contribution < 1.29 is 14.3 Å². The molecule has 1 fully saturated rings. The molecular weight excluding hydrogens is 510 g/mol. The summed E-state index contributed by atoms with van der Waals surface area (Å²) in [7, 11) is 0. The lowest BCUT2D eigenvalue weighted by atomic mass is 10.0. The summed E-state index contributed by atoms with van der Waals surface area (Å²) >= 11 is 5.91. The van der Waals surface area contributed by atoms with Crippen LogP contribution in [0.4, 0.5) is 0 Å². The Morgan fingerprint density at radius 1 is 0.769 bits per heavy atom. The molecule has 0 radical (unpaired) electrons. The first-order valence-electron chi connectivity index (χ1n) is 13.9. The first-order chi connectivity index (χ1) is 19.1. The van der Waals surface area contributed by atoms with E-state index in [-0.39, 0.29) is 11.7 Å². The van der Waals surface area contributed by atoms with E-state index < -0.39 is 0 Å². The van der Waals surface area contributed by atoms with Crippen LogP contribution >= 0.6 is 11.6 Å². The number of hydrogen-bond acceptors (Lipinski definition) is 5. The van der Waals surface area contributed by atoms with Crippen LogP contribution in [-0.2, 0) is 11.2 Å². The van der Waals surface area contributed by atoms with Crippen LogP contribution in [0, 0.1) is 0 Å². The maximum absolute atomic E-state index is 12.6. The SMILES string of the molecule is O=C(CN1CCN(CCCCCOc2ccc(C(=O)c3ccc(Cl)cc3)cc2)CC1)NCCc1ccccc1. The number of nitrogens with one attached hydrogen (secondary N) is 1. The second-order valence-corrected chi connectivity index (χ2v) is 10.4. The van der Waals surface area contributed by atoms with E-state index in [1.165, 1.54) is 5.56 Å². The van der Waals surface area contributed by atoms with E-state index in [1.54, 1.807) is 36.4 Å². The number of nitrogens with zero attached hydrogens (tertiary/aromatic N) is 2. The number of hydrogen-bond donors (Lipinski definition) is 1. The lowest BCUT2D eigenvalue weighted by Crippen LogP contribution is -2.49. The second-order valence-electron chi connectivity index (χ2n) is 9.97. The molecule has 6 nitrogen and oxygen atoms in total. The number of ether oxygens (including phenoxy) is 1. The Labute approximate surface area is 236 Å². The minimum Gasteiger partial charge on any atom is -0.494 e. The molecule has 1 aliphatic heterocycles. The van der Waals surface area contributed by atoms with Gasteiger partial charge in [-0.25, -0.2) is 0 Å². The number of piperazine rings is 1. The highest BCUT2D eigenvalue weighted by Gasteiger charge is 2.18. The first-order valence-corrected chi connectivity index (χ1v) is 14.2. The van der Waals surface area contributed by atoms with Crippen LogP contribution in [0.25, 0.3) is 0 Å². The molecule has 0 atom stereocenters. The zero-order chi connectivity index (χ0) is 27.3. The summed E-state index contributed by atoms with van der Waals surface area (Å²) in [5.41, 5.74) is 2.50. The smallest absolute Gasteiger partial charge is 0.234 e. The molecule has 0 bridgehead atoms. The second kappa shape index (κ2) is 15.4. The summed E-state index contributed by atoms with van der Waals surface area (Å²) in [6.45, 7) is 6.80. The topological polar surface area (TPSA) is 61.9 Å². The largest absolute Gasteiger partial charge is 0.494 e. The number of rotatable bonds is 14. The Morgan fingerprint density at radius 2 is 1.41 bits per heavy atom. The summed E-state index contributed by atoms with van der Waals surface area (Å²) in [4.78, 5) is 29.6. The van der Waals surface area contributed by atoms with E-state index in [1.807, 2.05) is 30.3 Å². The molecule has 39 heavy (non-hydrogen) atoms. The third-order valence-electron chi connectivity index (χ3n) is 7.02. The summed E-state index contributed by atoms with van der Waals surface area (Å²) in [5, 5.41) is 3.66. The molecule has 0 aliphatic carbocycles. The number of amides is 1. The fourth-order valence-corrected chi connectivity index (χ4v) is 4.82. The lowest BCUT2D eigenvalue weighted by molar-refractivity contribution is -0.122. The molecule has 1 N–H and O–H groups in total. The molecule has 3 aromatic carbocycles. The Kier molecular flexibility index (Phi) is 11.4. The van der Waals surface area contributed by atoms with E-state index in [2.05, 4.69) is 27.2 Å². The molecule has 0 saturated carbocycles. The number of carbonyl (C=O) groups is 2. The van der Waals surface area contributed by atoms with Gasteiger partial charge in [-0.05, 0) is 86.3 Å². The average molecular weight is 548 g/mol. The normalized spacial score (nSPS) is 14.2. The maximum Gasteiger partial charge on any atom is 0.234 e. The van der Waals surface area contributed by atoms with Crippen molar-refractivity contribution in [1.82, 2.24) is 15.1 Å². The van der Waals surface area contributed by atoms with Crippen LogP contribution < -0.4 is 10.1 Å². The molecule has 1 amide bonds. The van der Waals surface area contributed by atoms with Crippen molar-refractivity contribution in [2.24, 2.45) is 0 Å². The van der Waals surface area contributed by atoms with Gasteiger partial charge >= 0.3 is 0 Å². The fraction of sp³-hybridized carbons (Fsp3) is 0.375. The Balaban J connectivity index is 1.02. The molecule has 0 aromatic heterocycles. The molecule has 7 heteroatoms. The molecule has 1 heterocycles. The van der Waals surface area contributed by atoms with Crippen LogP contribution in [0.3, 0.4) is 0 Å². The van der Waals surface area contributed by atoms with Crippen molar-refractivity contribution in [3.05, 3.63) is 101 Å². The molecule has 4 rings (SSSR count). The molecule has 3 aromatic rings. The van der Waals surface area contributed by atoms with Gasteiger partial charge in [-0.3, -0.25) is 14.5 Å². The number of benzene rings is 3. The third kappa shape index (κ3) is 9.81. The molecule has 206 valence electrons. The van der Waals surface area contributed by atoms with Gasteiger partial charge < -0.3 is 15.0 Å². The number of halogens is 1. The predicted octanol–water partition coefficient (Wildman–Crippen LogP) is 5.10. The van der Waals surface area contributed by atoms with Gasteiger partial charge in [-0.2, -0.15) is 0 Å². The number of ketones is 1. The van der Waals surface area contributed by atoms with Gasteiger partial charge in [0.05, 0.1) is 13.2 Å². The van der Waals surface area contributed by atoms with E-state index >= 15 is 0 Å². The zero-order valence-electron chi connectivity index (χ0n) is 22.5. The standard InChI is InChI=1S/C32H38ClN3O3/c33-29-13-9-27(10-14-29)32(38)28-11-15-30(16-12-28)39-24-6-2-5-19-35-20-22-36(23-21-35)25-31(37)34-18-17-26-7-3-1-4-8-26/h1,3-4,7-16H,2,5-6,17-25H2,(H,34,37). The fourth-order valence-electron chi connectivity index (χ4n) is 4.70. The van der Waals surface area contributed by atoms with Crippen LogP contribution in [0.2, 0.25) is 5.02 Å². The highest BCUT2D eigenvalue weighted by molar-refractivity contribution is 6.30. The van der Waals surface area contributed by atoms with E-state index in [4.69, 9.17) is 16.3 Å². The van der Waals surface area contributed by atoms with Crippen molar-refractivity contribution >= 4 is 23.3 Å². The molecule has 0 unspecified atom stereocenters. The van der Waals surface area contributed by atoms with Gasteiger partial charge in [-0.15, -0.1) is 0 Å². The minimum absolute atomic E-state index is 0.0267. The quantitative estimate of drug-likeness (QED) is 0.225. The van der Waals surface area contributed by atoms with E-state index in [0.29, 0.717) is 35.8 Å². The van der Waals surface area contributed by atoms with Gasteiger partial charge in [0.2, 0.25) is 5.91 Å². The number of unbranched alkanes of at least 4 members (excludes halogenated alkanes) is 2. The van der Waals surface area contributed by atoms with Gasteiger partial charge in [-0.1, -0.05) is 41.9 Å². The van der Waals surface area contributed by atoms with Gasteiger partial charge in [0.25, 0.3) is 0 Å². The average Bonchev–Trinajstić information content (AvgIpc) is 2.97. The molecule has 1 saturated heterocycles. The molecular formula is C32H38ClN3O3. The van der Waals surface area contributed by atoms with Gasteiger partial charge in [0, 0.05) is 48.9 Å². The Bertz CT molecular complexity index is 1160. The highest BCUT2D eigenvalue weighted by atomic mass is 35.5. The lowest BCUT2D eigenvalue weighted by Gasteiger charge is -2.34. The van der Waals surface area contributed by atoms with Crippen molar-refractivity contribution in [2.45, 2.75) is 25.7 Å².